The van der Waals surface area contributed by atoms with Gasteiger partial charge in [-0.15, -0.1) is 0 Å². The van der Waals surface area contributed by atoms with E-state index >= 15 is 0 Å². The molecule has 0 amide bonds. The molecular formula is C9H11N5O. The second-order valence-electron chi connectivity index (χ2n) is 3.13. The van der Waals surface area contributed by atoms with E-state index in [9.17, 15) is 0 Å². The summed E-state index contributed by atoms with van der Waals surface area (Å²) in [5.41, 5.74) is 0. The number of rotatable bonds is 3. The number of hydrogen-bond donors (Lipinski definition) is 0. The molecule has 2 heterocycles. The summed E-state index contributed by atoms with van der Waals surface area (Å²) in [5.74, 6) is 1.83. The lowest BCUT2D eigenvalue weighted by Crippen LogP contribution is -2.19. The third-order valence-electron chi connectivity index (χ3n) is 1.84. The molecule has 0 aliphatic heterocycles. The van der Waals surface area contributed by atoms with Crippen LogP contribution in [0.5, 0.6) is 0 Å². The summed E-state index contributed by atoms with van der Waals surface area (Å²) in [6, 6.07) is 1.77. The summed E-state index contributed by atoms with van der Waals surface area (Å²) in [4.78, 5) is 14.2. The molecule has 0 fully saturated rings. The molecule has 0 N–H and O–H groups in total. The van der Waals surface area contributed by atoms with Crippen molar-refractivity contribution < 1.29 is 4.52 Å². The smallest absolute Gasteiger partial charge is 0.225 e. The lowest BCUT2D eigenvalue weighted by atomic mass is 10.5. The maximum atomic E-state index is 4.87. The van der Waals surface area contributed by atoms with Crippen molar-refractivity contribution >= 4 is 5.95 Å². The van der Waals surface area contributed by atoms with Gasteiger partial charge in [-0.25, -0.2) is 9.97 Å². The van der Waals surface area contributed by atoms with Crippen LogP contribution in [-0.4, -0.2) is 27.2 Å². The van der Waals surface area contributed by atoms with E-state index in [1.165, 1.54) is 0 Å². The lowest BCUT2D eigenvalue weighted by molar-refractivity contribution is 0.387. The Morgan fingerprint density at radius 1 is 1.33 bits per heavy atom. The Labute approximate surface area is 87.0 Å². The molecule has 15 heavy (non-hydrogen) atoms. The molecule has 0 saturated heterocycles. The van der Waals surface area contributed by atoms with E-state index in [1.807, 2.05) is 11.9 Å². The van der Waals surface area contributed by atoms with Gasteiger partial charge in [0.05, 0.1) is 6.54 Å². The molecule has 6 nitrogen and oxygen atoms in total. The van der Waals surface area contributed by atoms with E-state index in [0.717, 1.165) is 0 Å². The fourth-order valence-corrected chi connectivity index (χ4v) is 1.18. The number of aryl methyl sites for hydroxylation is 1. The van der Waals surface area contributed by atoms with Gasteiger partial charge in [-0.1, -0.05) is 5.16 Å². The minimum atomic E-state index is 0.529. The molecule has 2 aromatic rings. The van der Waals surface area contributed by atoms with Crippen molar-refractivity contribution in [3.05, 3.63) is 30.2 Å². The first-order chi connectivity index (χ1) is 7.25. The van der Waals surface area contributed by atoms with E-state index in [0.29, 0.717) is 24.2 Å². The molecule has 2 aromatic heterocycles. The monoisotopic (exact) mass is 205 g/mol. The average molecular weight is 205 g/mol. The van der Waals surface area contributed by atoms with Gasteiger partial charge in [0.1, 0.15) is 0 Å². The molecule has 0 radical (unpaired) electrons. The van der Waals surface area contributed by atoms with Crippen molar-refractivity contribution in [2.24, 2.45) is 0 Å². The summed E-state index contributed by atoms with van der Waals surface area (Å²) in [6.07, 6.45) is 3.39. The highest BCUT2D eigenvalue weighted by atomic mass is 16.5. The van der Waals surface area contributed by atoms with Crippen molar-refractivity contribution in [3.63, 3.8) is 0 Å². The largest absolute Gasteiger partial charge is 0.340 e. The third kappa shape index (κ3) is 2.28. The van der Waals surface area contributed by atoms with Crippen LogP contribution < -0.4 is 4.90 Å². The first-order valence-electron chi connectivity index (χ1n) is 4.53. The average Bonchev–Trinajstić information content (AvgIpc) is 2.65. The van der Waals surface area contributed by atoms with Gasteiger partial charge in [0.2, 0.25) is 11.8 Å². The second kappa shape index (κ2) is 4.04. The van der Waals surface area contributed by atoms with Gasteiger partial charge in [0.25, 0.3) is 0 Å². The topological polar surface area (TPSA) is 67.9 Å². The van der Waals surface area contributed by atoms with Gasteiger partial charge in [-0.2, -0.15) is 4.98 Å². The first kappa shape index (κ1) is 9.57. The predicted octanol–water partition coefficient (Wildman–Crippen LogP) is 0.804. The summed E-state index contributed by atoms with van der Waals surface area (Å²) < 4.78 is 4.87. The molecule has 0 aliphatic rings. The summed E-state index contributed by atoms with van der Waals surface area (Å²) >= 11 is 0. The summed E-state index contributed by atoms with van der Waals surface area (Å²) in [6.45, 7) is 2.29. The van der Waals surface area contributed by atoms with E-state index in [1.54, 1.807) is 25.4 Å². The minimum Gasteiger partial charge on any atom is -0.340 e. The van der Waals surface area contributed by atoms with Gasteiger partial charge in [-0.05, 0) is 6.07 Å². The van der Waals surface area contributed by atoms with Crippen molar-refractivity contribution in [2.45, 2.75) is 13.5 Å². The van der Waals surface area contributed by atoms with Gasteiger partial charge < -0.3 is 9.42 Å². The maximum Gasteiger partial charge on any atom is 0.225 e. The molecule has 0 spiro atoms. The Bertz CT molecular complexity index is 427. The summed E-state index contributed by atoms with van der Waals surface area (Å²) in [5, 5.41) is 3.80. The second-order valence-corrected chi connectivity index (χ2v) is 3.13. The molecule has 2 rings (SSSR count). The Morgan fingerprint density at radius 3 is 2.67 bits per heavy atom. The van der Waals surface area contributed by atoms with Crippen LogP contribution in [0.3, 0.4) is 0 Å². The number of nitrogens with zero attached hydrogens (tertiary/aromatic N) is 5. The number of anilines is 1. The highest BCUT2D eigenvalue weighted by molar-refractivity contribution is 5.26. The molecule has 0 aliphatic carbocycles. The quantitative estimate of drug-likeness (QED) is 0.738. The Balaban J connectivity index is 2.07. The maximum absolute atomic E-state index is 4.87. The SMILES string of the molecule is Cc1nc(CN(C)c2ncccn2)no1. The van der Waals surface area contributed by atoms with Gasteiger partial charge in [0.15, 0.2) is 5.82 Å². The standard InChI is InChI=1S/C9H11N5O/c1-7-12-8(13-15-7)6-14(2)9-10-4-3-5-11-9/h3-5H,6H2,1-2H3. The van der Waals surface area contributed by atoms with Crippen molar-refractivity contribution in [2.75, 3.05) is 11.9 Å². The van der Waals surface area contributed by atoms with E-state index in [4.69, 9.17) is 4.52 Å². The van der Waals surface area contributed by atoms with Crippen LogP contribution in [0.4, 0.5) is 5.95 Å². The zero-order valence-corrected chi connectivity index (χ0v) is 8.58. The van der Waals surface area contributed by atoms with E-state index in [2.05, 4.69) is 20.1 Å². The van der Waals surface area contributed by atoms with Crippen LogP contribution >= 0.6 is 0 Å². The molecule has 0 unspecified atom stereocenters. The van der Waals surface area contributed by atoms with E-state index in [-0.39, 0.29) is 0 Å². The zero-order chi connectivity index (χ0) is 10.7. The minimum absolute atomic E-state index is 0.529. The molecule has 78 valence electrons. The molecule has 0 bridgehead atoms. The third-order valence-corrected chi connectivity index (χ3v) is 1.84. The molecular weight excluding hydrogens is 194 g/mol. The fourth-order valence-electron chi connectivity index (χ4n) is 1.18. The van der Waals surface area contributed by atoms with Crippen LogP contribution in [-0.2, 0) is 6.54 Å². The number of aromatic nitrogens is 4. The van der Waals surface area contributed by atoms with Crippen LogP contribution in [0.1, 0.15) is 11.7 Å². The molecule has 0 atom stereocenters. The van der Waals surface area contributed by atoms with Crippen LogP contribution in [0.2, 0.25) is 0 Å². The van der Waals surface area contributed by atoms with Crippen molar-refractivity contribution in [1.82, 2.24) is 20.1 Å². The van der Waals surface area contributed by atoms with Crippen molar-refractivity contribution in [1.29, 1.82) is 0 Å². The highest BCUT2D eigenvalue weighted by Crippen LogP contribution is 2.06. The van der Waals surface area contributed by atoms with Crippen LogP contribution in [0, 0.1) is 6.92 Å². The Kier molecular flexibility index (Phi) is 2.57. The lowest BCUT2D eigenvalue weighted by Gasteiger charge is -2.13. The van der Waals surface area contributed by atoms with E-state index < -0.39 is 0 Å². The summed E-state index contributed by atoms with van der Waals surface area (Å²) in [7, 11) is 1.88. The van der Waals surface area contributed by atoms with Crippen molar-refractivity contribution in [3.8, 4) is 0 Å². The molecule has 0 aromatic carbocycles. The Hall–Kier alpha value is -1.98. The van der Waals surface area contributed by atoms with Gasteiger partial charge in [0, 0.05) is 26.4 Å². The van der Waals surface area contributed by atoms with Crippen LogP contribution in [0.25, 0.3) is 0 Å². The Morgan fingerprint density at radius 2 is 2.07 bits per heavy atom. The molecule has 6 heteroatoms. The van der Waals surface area contributed by atoms with Crippen LogP contribution in [0.15, 0.2) is 23.0 Å². The molecule has 0 saturated carbocycles. The predicted molar refractivity (Wildman–Crippen MR) is 53.2 cm³/mol. The fraction of sp³-hybridized carbons (Fsp3) is 0.333. The zero-order valence-electron chi connectivity index (χ0n) is 8.58. The number of hydrogen-bond acceptors (Lipinski definition) is 6. The normalized spacial score (nSPS) is 10.3. The van der Waals surface area contributed by atoms with Gasteiger partial charge in [-0.3, -0.25) is 0 Å². The first-order valence-corrected chi connectivity index (χ1v) is 4.53. The van der Waals surface area contributed by atoms with Gasteiger partial charge >= 0.3 is 0 Å². The highest BCUT2D eigenvalue weighted by Gasteiger charge is 2.08.